The van der Waals surface area contributed by atoms with Gasteiger partial charge in [0.15, 0.2) is 5.16 Å². The third-order valence-electron chi connectivity index (χ3n) is 3.88. The van der Waals surface area contributed by atoms with Gasteiger partial charge in [-0.15, -0.1) is 0 Å². The van der Waals surface area contributed by atoms with Gasteiger partial charge in [-0.25, -0.2) is 9.37 Å². The van der Waals surface area contributed by atoms with Gasteiger partial charge in [-0.05, 0) is 24.3 Å². The van der Waals surface area contributed by atoms with E-state index in [1.165, 1.54) is 28.8 Å². The summed E-state index contributed by atoms with van der Waals surface area (Å²) in [5.41, 5.74) is 1.95. The molecule has 1 aromatic heterocycles. The van der Waals surface area contributed by atoms with Crippen molar-refractivity contribution in [3.05, 3.63) is 52.8 Å². The summed E-state index contributed by atoms with van der Waals surface area (Å²) in [6.45, 7) is 0.113. The molecule has 8 heteroatoms. The standard InChI is InChI=1S/C18H17ClFN3O2S/c1-23(9-12-13(19)4-3-5-14(12)20)17(24)10-26-18-21-15-7-6-11(25-2)8-16(15)22-18/h3-8H,9-10H2,1-2H3,(H,21,22). The molecule has 136 valence electrons. The Balaban J connectivity index is 1.63. The number of rotatable bonds is 6. The molecule has 0 saturated carbocycles. The van der Waals surface area contributed by atoms with Crippen LogP contribution in [0.4, 0.5) is 4.39 Å². The lowest BCUT2D eigenvalue weighted by atomic mass is 10.2. The lowest BCUT2D eigenvalue weighted by molar-refractivity contribution is -0.127. The number of nitrogens with one attached hydrogen (secondary N) is 1. The van der Waals surface area contributed by atoms with Crippen LogP contribution in [0.3, 0.4) is 0 Å². The molecule has 26 heavy (non-hydrogen) atoms. The van der Waals surface area contributed by atoms with E-state index in [-0.39, 0.29) is 18.2 Å². The molecule has 0 bridgehead atoms. The number of aromatic nitrogens is 2. The number of benzene rings is 2. The molecule has 0 spiro atoms. The smallest absolute Gasteiger partial charge is 0.233 e. The SMILES string of the molecule is COc1ccc2nc(SCC(=O)N(C)Cc3c(F)cccc3Cl)[nH]c2c1. The topological polar surface area (TPSA) is 58.2 Å². The average molecular weight is 394 g/mol. The minimum Gasteiger partial charge on any atom is -0.497 e. The van der Waals surface area contributed by atoms with Crippen LogP contribution < -0.4 is 4.74 Å². The fraction of sp³-hybridized carbons (Fsp3) is 0.222. The fourth-order valence-electron chi connectivity index (χ4n) is 2.41. The lowest BCUT2D eigenvalue weighted by Gasteiger charge is -2.18. The number of halogens is 2. The number of hydrogen-bond donors (Lipinski definition) is 1. The largest absolute Gasteiger partial charge is 0.497 e. The Morgan fingerprint density at radius 3 is 2.92 bits per heavy atom. The summed E-state index contributed by atoms with van der Waals surface area (Å²) >= 11 is 7.30. The number of hydrogen-bond acceptors (Lipinski definition) is 4. The van der Waals surface area contributed by atoms with Crippen molar-refractivity contribution >= 4 is 40.3 Å². The van der Waals surface area contributed by atoms with Crippen molar-refractivity contribution in [1.29, 1.82) is 0 Å². The summed E-state index contributed by atoms with van der Waals surface area (Å²) in [7, 11) is 3.22. The molecule has 0 unspecified atom stereocenters. The van der Waals surface area contributed by atoms with Gasteiger partial charge < -0.3 is 14.6 Å². The van der Waals surface area contributed by atoms with E-state index in [1.807, 2.05) is 18.2 Å². The zero-order valence-corrected chi connectivity index (χ0v) is 15.8. The minimum atomic E-state index is -0.420. The highest BCUT2D eigenvalue weighted by Gasteiger charge is 2.15. The fourth-order valence-corrected chi connectivity index (χ4v) is 3.46. The monoisotopic (exact) mass is 393 g/mol. The number of ether oxygens (including phenoxy) is 1. The predicted octanol–water partition coefficient (Wildman–Crippen LogP) is 4.11. The quantitative estimate of drug-likeness (QED) is 0.640. The molecule has 0 fully saturated rings. The van der Waals surface area contributed by atoms with Gasteiger partial charge in [-0.1, -0.05) is 29.4 Å². The van der Waals surface area contributed by atoms with Gasteiger partial charge >= 0.3 is 0 Å². The highest BCUT2D eigenvalue weighted by molar-refractivity contribution is 7.99. The van der Waals surface area contributed by atoms with Gasteiger partial charge in [0, 0.05) is 30.2 Å². The van der Waals surface area contributed by atoms with Gasteiger partial charge in [0.25, 0.3) is 0 Å². The number of imidazole rings is 1. The van der Waals surface area contributed by atoms with Crippen LogP contribution >= 0.6 is 23.4 Å². The van der Waals surface area contributed by atoms with Gasteiger partial charge in [0.05, 0.1) is 23.9 Å². The molecular weight excluding hydrogens is 377 g/mol. The number of aromatic amines is 1. The Labute approximate surface area is 159 Å². The van der Waals surface area contributed by atoms with Crippen molar-refractivity contribution in [2.24, 2.45) is 0 Å². The van der Waals surface area contributed by atoms with Crippen LogP contribution in [0, 0.1) is 5.82 Å². The lowest BCUT2D eigenvalue weighted by Crippen LogP contribution is -2.28. The molecule has 3 aromatic rings. The first-order chi connectivity index (χ1) is 12.5. The van der Waals surface area contributed by atoms with E-state index in [0.717, 1.165) is 16.8 Å². The Morgan fingerprint density at radius 2 is 2.19 bits per heavy atom. The molecule has 0 radical (unpaired) electrons. The van der Waals surface area contributed by atoms with Gasteiger partial charge in [0.1, 0.15) is 11.6 Å². The van der Waals surface area contributed by atoms with E-state index in [4.69, 9.17) is 16.3 Å². The first-order valence-corrected chi connectivity index (χ1v) is 9.17. The number of fused-ring (bicyclic) bond motifs is 1. The van der Waals surface area contributed by atoms with E-state index < -0.39 is 5.82 Å². The molecule has 0 aliphatic rings. The summed E-state index contributed by atoms with van der Waals surface area (Å²) in [4.78, 5) is 21.4. The van der Waals surface area contributed by atoms with Crippen LogP contribution in [0.1, 0.15) is 5.56 Å². The second-order valence-corrected chi connectivity index (χ2v) is 7.03. The van der Waals surface area contributed by atoms with Gasteiger partial charge in [-0.2, -0.15) is 0 Å². The third-order valence-corrected chi connectivity index (χ3v) is 5.09. The van der Waals surface area contributed by atoms with Crippen LogP contribution in [0.25, 0.3) is 11.0 Å². The Bertz CT molecular complexity index is 927. The molecule has 0 atom stereocenters. The van der Waals surface area contributed by atoms with Crippen molar-refractivity contribution in [2.75, 3.05) is 19.9 Å². The Morgan fingerprint density at radius 1 is 1.38 bits per heavy atom. The van der Waals surface area contributed by atoms with Gasteiger partial charge in [0.2, 0.25) is 5.91 Å². The maximum Gasteiger partial charge on any atom is 0.233 e. The average Bonchev–Trinajstić information content (AvgIpc) is 3.04. The summed E-state index contributed by atoms with van der Waals surface area (Å²) in [5.74, 6) is 0.346. The van der Waals surface area contributed by atoms with Crippen molar-refractivity contribution < 1.29 is 13.9 Å². The molecule has 0 saturated heterocycles. The van der Waals surface area contributed by atoms with Crippen molar-refractivity contribution in [1.82, 2.24) is 14.9 Å². The van der Waals surface area contributed by atoms with Crippen molar-refractivity contribution in [2.45, 2.75) is 11.7 Å². The number of H-pyrrole nitrogens is 1. The number of carbonyl (C=O) groups excluding carboxylic acids is 1. The third kappa shape index (κ3) is 4.11. The maximum absolute atomic E-state index is 13.9. The molecule has 2 aromatic carbocycles. The van der Waals surface area contributed by atoms with E-state index in [9.17, 15) is 9.18 Å². The van der Waals surface area contributed by atoms with E-state index in [2.05, 4.69) is 9.97 Å². The zero-order valence-electron chi connectivity index (χ0n) is 14.3. The highest BCUT2D eigenvalue weighted by atomic mass is 35.5. The molecule has 5 nitrogen and oxygen atoms in total. The summed E-state index contributed by atoms with van der Waals surface area (Å²) < 4.78 is 19.0. The minimum absolute atomic E-state index is 0.113. The molecule has 0 aliphatic heterocycles. The van der Waals surface area contributed by atoms with E-state index in [0.29, 0.717) is 15.7 Å². The predicted molar refractivity (Wildman–Crippen MR) is 101 cm³/mol. The Kier molecular flexibility index (Phi) is 5.68. The maximum atomic E-state index is 13.9. The number of methoxy groups -OCH3 is 1. The van der Waals surface area contributed by atoms with Crippen LogP contribution in [-0.2, 0) is 11.3 Å². The summed E-state index contributed by atoms with van der Waals surface area (Å²) in [6.07, 6.45) is 0. The second kappa shape index (κ2) is 7.97. The molecule has 3 rings (SSSR count). The van der Waals surface area contributed by atoms with E-state index in [1.54, 1.807) is 20.2 Å². The van der Waals surface area contributed by atoms with Gasteiger partial charge in [-0.3, -0.25) is 4.79 Å². The molecule has 0 aliphatic carbocycles. The van der Waals surface area contributed by atoms with Crippen LogP contribution in [-0.4, -0.2) is 40.7 Å². The molecule has 1 N–H and O–H groups in total. The van der Waals surface area contributed by atoms with Crippen molar-refractivity contribution in [3.8, 4) is 5.75 Å². The number of nitrogens with zero attached hydrogens (tertiary/aromatic N) is 2. The molecule has 1 heterocycles. The summed E-state index contributed by atoms with van der Waals surface area (Å²) in [6, 6.07) is 10.0. The number of thioether (sulfide) groups is 1. The van der Waals surface area contributed by atoms with Crippen LogP contribution in [0.5, 0.6) is 5.75 Å². The molecule has 1 amide bonds. The first kappa shape index (κ1) is 18.5. The Hall–Kier alpha value is -2.25. The highest BCUT2D eigenvalue weighted by Crippen LogP contribution is 2.24. The normalized spacial score (nSPS) is 10.9. The summed E-state index contributed by atoms with van der Waals surface area (Å²) in [5, 5.41) is 0.947. The second-order valence-electron chi connectivity index (χ2n) is 5.66. The van der Waals surface area contributed by atoms with E-state index >= 15 is 0 Å². The number of carbonyl (C=O) groups is 1. The zero-order chi connectivity index (χ0) is 18.7. The molecular formula is C18H17ClFN3O2S. The van der Waals surface area contributed by atoms with Crippen LogP contribution in [0.2, 0.25) is 5.02 Å². The first-order valence-electron chi connectivity index (χ1n) is 7.81. The van der Waals surface area contributed by atoms with Crippen LogP contribution in [0.15, 0.2) is 41.6 Å². The number of amides is 1. The van der Waals surface area contributed by atoms with Crippen molar-refractivity contribution in [3.63, 3.8) is 0 Å².